The van der Waals surface area contributed by atoms with Crippen LogP contribution in [0.5, 0.6) is 0 Å². The zero-order valence-electron chi connectivity index (χ0n) is 19.0. The van der Waals surface area contributed by atoms with E-state index in [9.17, 15) is 9.90 Å². The molecule has 3 nitrogen and oxygen atoms in total. The van der Waals surface area contributed by atoms with Crippen molar-refractivity contribution in [1.82, 2.24) is 0 Å². The number of benzene rings is 2. The van der Waals surface area contributed by atoms with Gasteiger partial charge in [-0.05, 0) is 54.2 Å². The normalized spacial score (nSPS) is 22.9. The molecule has 0 bridgehead atoms. The summed E-state index contributed by atoms with van der Waals surface area (Å²) in [6.07, 6.45) is 6.69. The predicted octanol–water partition coefficient (Wildman–Crippen LogP) is 5.86. The Bertz CT molecular complexity index is 841. The van der Waals surface area contributed by atoms with Crippen LogP contribution in [0.25, 0.3) is 0 Å². The van der Waals surface area contributed by atoms with Crippen LogP contribution in [0.4, 0.5) is 0 Å². The molecule has 0 radical (unpaired) electrons. The van der Waals surface area contributed by atoms with E-state index in [2.05, 4.69) is 57.2 Å². The summed E-state index contributed by atoms with van der Waals surface area (Å²) < 4.78 is 5.92. The quantitative estimate of drug-likeness (QED) is 0.430. The first-order chi connectivity index (χ1) is 14.9. The fraction of sp³-hybridized carbons (Fsp3) is 0.464. The van der Waals surface area contributed by atoms with Gasteiger partial charge in [-0.3, -0.25) is 0 Å². The molecule has 0 spiro atoms. The van der Waals surface area contributed by atoms with Gasteiger partial charge in [0.05, 0.1) is 0 Å². The molecule has 0 unspecified atom stereocenters. The van der Waals surface area contributed by atoms with Gasteiger partial charge in [-0.15, -0.1) is 0 Å². The van der Waals surface area contributed by atoms with Crippen LogP contribution in [0.1, 0.15) is 57.6 Å². The predicted molar refractivity (Wildman–Crippen MR) is 126 cm³/mol. The maximum Gasteiger partial charge on any atom is 0.339 e. The fourth-order valence-corrected chi connectivity index (χ4v) is 4.78. The van der Waals surface area contributed by atoms with Gasteiger partial charge in [0.25, 0.3) is 0 Å². The average molecular weight is 421 g/mol. The Kier molecular flexibility index (Phi) is 8.09. The Morgan fingerprint density at radius 1 is 1.10 bits per heavy atom. The molecule has 0 heterocycles. The first-order valence-electron chi connectivity index (χ1n) is 11.5. The van der Waals surface area contributed by atoms with Crippen molar-refractivity contribution in [3.8, 4) is 0 Å². The van der Waals surface area contributed by atoms with E-state index < -0.39 is 12.1 Å². The second-order valence-corrected chi connectivity index (χ2v) is 9.49. The van der Waals surface area contributed by atoms with Gasteiger partial charge >= 0.3 is 5.97 Å². The number of aliphatic hydroxyl groups excluding tert-OH is 1. The van der Waals surface area contributed by atoms with Crippen molar-refractivity contribution in [2.24, 2.45) is 11.8 Å². The molecule has 1 aliphatic carbocycles. The summed E-state index contributed by atoms with van der Waals surface area (Å²) in [7, 11) is 0. The zero-order chi connectivity index (χ0) is 22.3. The van der Waals surface area contributed by atoms with E-state index in [1.807, 2.05) is 30.3 Å². The second kappa shape index (κ2) is 10.8. The monoisotopic (exact) mass is 420 g/mol. The summed E-state index contributed by atoms with van der Waals surface area (Å²) in [5.74, 6) is 0.201. The lowest BCUT2D eigenvalue weighted by Crippen LogP contribution is -2.44. The van der Waals surface area contributed by atoms with E-state index in [1.165, 1.54) is 11.1 Å². The number of carbonyl (C=O) groups excluding carboxylic acids is 1. The van der Waals surface area contributed by atoms with Crippen molar-refractivity contribution < 1.29 is 14.6 Å². The first kappa shape index (κ1) is 23.3. The molecular formula is C28H36O3. The van der Waals surface area contributed by atoms with Crippen LogP contribution in [-0.4, -0.2) is 23.3 Å². The highest BCUT2D eigenvalue weighted by Crippen LogP contribution is 2.43. The molecule has 1 saturated carbocycles. The van der Waals surface area contributed by atoms with Crippen LogP contribution in [-0.2, 0) is 21.4 Å². The van der Waals surface area contributed by atoms with Crippen molar-refractivity contribution >= 4 is 5.97 Å². The Morgan fingerprint density at radius 3 is 2.42 bits per heavy atom. The molecule has 1 fully saturated rings. The molecule has 31 heavy (non-hydrogen) atoms. The molecule has 1 aliphatic rings. The molecule has 1 N–H and O–H groups in total. The van der Waals surface area contributed by atoms with Crippen LogP contribution in [0.15, 0.2) is 72.8 Å². The van der Waals surface area contributed by atoms with Gasteiger partial charge in [-0.25, -0.2) is 4.79 Å². The van der Waals surface area contributed by atoms with Gasteiger partial charge < -0.3 is 9.84 Å². The molecule has 0 aromatic heterocycles. The van der Waals surface area contributed by atoms with Gasteiger partial charge in [0.2, 0.25) is 0 Å². The minimum atomic E-state index is -1.21. The van der Waals surface area contributed by atoms with E-state index in [4.69, 9.17) is 4.74 Å². The second-order valence-electron chi connectivity index (χ2n) is 9.49. The fourth-order valence-electron chi connectivity index (χ4n) is 4.78. The summed E-state index contributed by atoms with van der Waals surface area (Å²) in [6, 6.07) is 20.7. The number of rotatable bonds is 8. The molecule has 0 aliphatic heterocycles. The van der Waals surface area contributed by atoms with Crippen molar-refractivity contribution in [3.63, 3.8) is 0 Å². The summed E-state index contributed by atoms with van der Waals surface area (Å²) in [5, 5.41) is 10.4. The van der Waals surface area contributed by atoms with Gasteiger partial charge in [0, 0.05) is 5.92 Å². The van der Waals surface area contributed by atoms with Gasteiger partial charge in [0.1, 0.15) is 6.10 Å². The number of ether oxygens (including phenoxy) is 1. The topological polar surface area (TPSA) is 46.5 Å². The Hall–Kier alpha value is -2.39. The summed E-state index contributed by atoms with van der Waals surface area (Å²) in [4.78, 5) is 12.7. The largest absolute Gasteiger partial charge is 0.460 e. The Morgan fingerprint density at radius 2 is 1.74 bits per heavy atom. The SMILES string of the molecule is C[C@@H]1CC[C@@H](C(C)(C)c2ccccc2)[C@H](OC(=O)[C@H](O)/C=C/CCc2ccccc2)C1. The van der Waals surface area contributed by atoms with Gasteiger partial charge in [-0.2, -0.15) is 0 Å². The minimum absolute atomic E-state index is 0.108. The molecule has 3 heteroatoms. The zero-order valence-corrected chi connectivity index (χ0v) is 19.0. The molecule has 2 aromatic rings. The van der Waals surface area contributed by atoms with E-state index in [0.29, 0.717) is 5.92 Å². The molecule has 2 aromatic carbocycles. The highest BCUT2D eigenvalue weighted by Gasteiger charge is 2.42. The third kappa shape index (κ3) is 6.30. The Labute approximate surface area is 187 Å². The molecule has 166 valence electrons. The third-order valence-corrected chi connectivity index (χ3v) is 6.77. The van der Waals surface area contributed by atoms with E-state index in [-0.39, 0.29) is 17.4 Å². The lowest BCUT2D eigenvalue weighted by atomic mass is 9.64. The smallest absolute Gasteiger partial charge is 0.339 e. The first-order valence-corrected chi connectivity index (χ1v) is 11.5. The van der Waals surface area contributed by atoms with E-state index in [1.54, 1.807) is 6.08 Å². The van der Waals surface area contributed by atoms with Crippen molar-refractivity contribution in [2.45, 2.75) is 70.5 Å². The highest BCUT2D eigenvalue weighted by molar-refractivity contribution is 5.76. The van der Waals surface area contributed by atoms with Crippen LogP contribution in [0.3, 0.4) is 0 Å². The number of hydrogen-bond donors (Lipinski definition) is 1. The number of carbonyl (C=O) groups is 1. The molecule has 0 amide bonds. The number of aliphatic hydroxyl groups is 1. The van der Waals surface area contributed by atoms with Gasteiger partial charge in [-0.1, -0.05) is 93.9 Å². The van der Waals surface area contributed by atoms with Crippen LogP contribution < -0.4 is 0 Å². The molecule has 3 rings (SSSR count). The van der Waals surface area contributed by atoms with Gasteiger partial charge in [0.15, 0.2) is 6.10 Å². The van der Waals surface area contributed by atoms with Crippen LogP contribution in [0.2, 0.25) is 0 Å². The lowest BCUT2D eigenvalue weighted by Gasteiger charge is -2.44. The maximum absolute atomic E-state index is 12.7. The summed E-state index contributed by atoms with van der Waals surface area (Å²) in [6.45, 7) is 6.69. The van der Waals surface area contributed by atoms with E-state index >= 15 is 0 Å². The number of hydrogen-bond acceptors (Lipinski definition) is 3. The molecular weight excluding hydrogens is 384 g/mol. The number of allylic oxidation sites excluding steroid dienone is 1. The number of esters is 1. The summed E-state index contributed by atoms with van der Waals surface area (Å²) in [5.41, 5.74) is 2.39. The van der Waals surface area contributed by atoms with Crippen LogP contribution in [0, 0.1) is 11.8 Å². The third-order valence-electron chi connectivity index (χ3n) is 6.77. The van der Waals surface area contributed by atoms with Crippen molar-refractivity contribution in [3.05, 3.63) is 83.9 Å². The standard InChI is InChI=1S/C28H36O3/c1-21-18-19-24(28(2,3)23-15-8-5-9-16-23)26(20-21)31-27(30)25(29)17-11-10-14-22-12-6-4-7-13-22/h4-9,11-13,15-17,21,24-26,29H,10,14,18-20H2,1-3H3/b17-11+/t21-,24-,25-,26-/m1/s1. The van der Waals surface area contributed by atoms with Crippen molar-refractivity contribution in [2.75, 3.05) is 0 Å². The van der Waals surface area contributed by atoms with Crippen molar-refractivity contribution in [1.29, 1.82) is 0 Å². The number of aryl methyl sites for hydroxylation is 1. The molecule has 4 atom stereocenters. The minimum Gasteiger partial charge on any atom is -0.460 e. The average Bonchev–Trinajstić information content (AvgIpc) is 2.77. The maximum atomic E-state index is 12.7. The van der Waals surface area contributed by atoms with E-state index in [0.717, 1.165) is 32.1 Å². The Balaban J connectivity index is 1.61. The highest BCUT2D eigenvalue weighted by atomic mass is 16.6. The van der Waals surface area contributed by atoms with Crippen LogP contribution >= 0.6 is 0 Å². The molecule has 0 saturated heterocycles. The summed E-state index contributed by atoms with van der Waals surface area (Å²) >= 11 is 0. The lowest BCUT2D eigenvalue weighted by molar-refractivity contribution is -0.163.